The lowest BCUT2D eigenvalue weighted by atomic mass is 9.97. The SMILES string of the molecule is COc1ccc(C(C)NCC(=O)NCCC2=CCCCC2)cc1Br. The number of carbonyl (C=O) groups excluding carboxylic acids is 1. The first-order chi connectivity index (χ1) is 11.6. The molecular formula is C19H27BrN2O2. The maximum atomic E-state index is 12.0. The Kier molecular flexibility index (Phi) is 7.79. The van der Waals surface area contributed by atoms with Gasteiger partial charge in [-0.05, 0) is 72.7 Å². The molecule has 1 aromatic carbocycles. The number of benzene rings is 1. The Hall–Kier alpha value is -1.33. The van der Waals surface area contributed by atoms with Gasteiger partial charge in [0.05, 0.1) is 18.1 Å². The Balaban J connectivity index is 1.70. The van der Waals surface area contributed by atoms with Gasteiger partial charge in [-0.2, -0.15) is 0 Å². The summed E-state index contributed by atoms with van der Waals surface area (Å²) in [5.41, 5.74) is 2.61. The molecule has 132 valence electrons. The minimum absolute atomic E-state index is 0.0471. The first-order valence-corrected chi connectivity index (χ1v) is 9.41. The number of ether oxygens (including phenoxy) is 1. The molecule has 1 unspecified atom stereocenters. The van der Waals surface area contributed by atoms with E-state index >= 15 is 0 Å². The molecule has 1 atom stereocenters. The van der Waals surface area contributed by atoms with Crippen molar-refractivity contribution < 1.29 is 9.53 Å². The van der Waals surface area contributed by atoms with Crippen LogP contribution in [0.4, 0.5) is 0 Å². The van der Waals surface area contributed by atoms with Gasteiger partial charge in [-0.15, -0.1) is 0 Å². The quantitative estimate of drug-likeness (QED) is 0.652. The summed E-state index contributed by atoms with van der Waals surface area (Å²) in [4.78, 5) is 12.0. The van der Waals surface area contributed by atoms with Crippen LogP contribution in [0.15, 0.2) is 34.3 Å². The van der Waals surface area contributed by atoms with Crippen LogP contribution in [0.3, 0.4) is 0 Å². The minimum atomic E-state index is 0.0471. The van der Waals surface area contributed by atoms with Gasteiger partial charge in [0.25, 0.3) is 0 Å². The molecule has 4 nitrogen and oxygen atoms in total. The lowest BCUT2D eigenvalue weighted by Gasteiger charge is -2.16. The van der Waals surface area contributed by atoms with Crippen LogP contribution in [-0.4, -0.2) is 26.1 Å². The summed E-state index contributed by atoms with van der Waals surface area (Å²) in [5, 5.41) is 6.26. The molecule has 2 rings (SSSR count). The molecule has 0 aliphatic heterocycles. The second-order valence-corrected chi connectivity index (χ2v) is 7.06. The van der Waals surface area contributed by atoms with E-state index in [2.05, 4.69) is 32.6 Å². The highest BCUT2D eigenvalue weighted by atomic mass is 79.9. The fourth-order valence-corrected chi connectivity index (χ4v) is 3.43. The van der Waals surface area contributed by atoms with Crippen LogP contribution >= 0.6 is 15.9 Å². The van der Waals surface area contributed by atoms with E-state index in [0.717, 1.165) is 28.8 Å². The van der Waals surface area contributed by atoms with E-state index in [1.165, 1.54) is 31.3 Å². The highest BCUT2D eigenvalue weighted by Crippen LogP contribution is 2.27. The Morgan fingerprint density at radius 3 is 2.88 bits per heavy atom. The number of nitrogens with one attached hydrogen (secondary N) is 2. The lowest BCUT2D eigenvalue weighted by molar-refractivity contribution is -0.120. The molecule has 5 heteroatoms. The monoisotopic (exact) mass is 394 g/mol. The molecule has 0 bridgehead atoms. The molecular weight excluding hydrogens is 368 g/mol. The predicted molar refractivity (Wildman–Crippen MR) is 101 cm³/mol. The molecule has 0 saturated heterocycles. The molecule has 1 aliphatic rings. The average molecular weight is 395 g/mol. The summed E-state index contributed by atoms with van der Waals surface area (Å²) >= 11 is 3.49. The van der Waals surface area contributed by atoms with Crippen LogP contribution in [-0.2, 0) is 4.79 Å². The molecule has 0 radical (unpaired) electrons. The number of halogens is 1. The number of allylic oxidation sites excluding steroid dienone is 1. The Labute approximate surface area is 153 Å². The number of rotatable bonds is 8. The van der Waals surface area contributed by atoms with Crippen molar-refractivity contribution in [1.82, 2.24) is 10.6 Å². The molecule has 0 heterocycles. The zero-order chi connectivity index (χ0) is 17.4. The highest BCUT2D eigenvalue weighted by molar-refractivity contribution is 9.10. The van der Waals surface area contributed by atoms with Crippen molar-refractivity contribution in [2.45, 2.75) is 45.1 Å². The molecule has 24 heavy (non-hydrogen) atoms. The van der Waals surface area contributed by atoms with Gasteiger partial charge in [0.15, 0.2) is 0 Å². The van der Waals surface area contributed by atoms with Crippen molar-refractivity contribution in [3.8, 4) is 5.75 Å². The Morgan fingerprint density at radius 2 is 2.21 bits per heavy atom. The van der Waals surface area contributed by atoms with Crippen molar-refractivity contribution in [1.29, 1.82) is 0 Å². The first kappa shape index (κ1) is 19.0. The van der Waals surface area contributed by atoms with E-state index in [1.54, 1.807) is 7.11 Å². The van der Waals surface area contributed by atoms with E-state index < -0.39 is 0 Å². The van der Waals surface area contributed by atoms with Crippen LogP contribution in [0, 0.1) is 0 Å². The number of hydrogen-bond donors (Lipinski definition) is 2. The predicted octanol–water partition coefficient (Wildman–Crippen LogP) is 4.12. The maximum Gasteiger partial charge on any atom is 0.233 e. The van der Waals surface area contributed by atoms with Gasteiger partial charge < -0.3 is 15.4 Å². The van der Waals surface area contributed by atoms with Gasteiger partial charge in [0, 0.05) is 12.6 Å². The van der Waals surface area contributed by atoms with Crippen LogP contribution in [0.1, 0.15) is 50.6 Å². The first-order valence-electron chi connectivity index (χ1n) is 8.61. The van der Waals surface area contributed by atoms with Gasteiger partial charge in [0.2, 0.25) is 5.91 Å². The van der Waals surface area contributed by atoms with E-state index in [9.17, 15) is 4.79 Å². The Bertz CT molecular complexity index is 587. The van der Waals surface area contributed by atoms with Gasteiger partial charge >= 0.3 is 0 Å². The number of amides is 1. The molecule has 0 aromatic heterocycles. The van der Waals surface area contributed by atoms with E-state index in [-0.39, 0.29) is 11.9 Å². The van der Waals surface area contributed by atoms with Gasteiger partial charge in [-0.3, -0.25) is 4.79 Å². The summed E-state index contributed by atoms with van der Waals surface area (Å²) in [7, 11) is 1.65. The molecule has 1 amide bonds. The van der Waals surface area contributed by atoms with Gasteiger partial charge in [-0.1, -0.05) is 17.7 Å². The third-order valence-corrected chi connectivity index (χ3v) is 5.02. The van der Waals surface area contributed by atoms with Crippen molar-refractivity contribution >= 4 is 21.8 Å². The minimum Gasteiger partial charge on any atom is -0.496 e. The lowest BCUT2D eigenvalue weighted by Crippen LogP contribution is -2.35. The maximum absolute atomic E-state index is 12.0. The number of hydrogen-bond acceptors (Lipinski definition) is 3. The van der Waals surface area contributed by atoms with Crippen molar-refractivity contribution in [2.75, 3.05) is 20.2 Å². The highest BCUT2D eigenvalue weighted by Gasteiger charge is 2.10. The normalized spacial score (nSPS) is 15.5. The van der Waals surface area contributed by atoms with E-state index in [1.807, 2.05) is 25.1 Å². The smallest absolute Gasteiger partial charge is 0.233 e. The zero-order valence-corrected chi connectivity index (χ0v) is 16.1. The molecule has 0 fully saturated rings. The largest absolute Gasteiger partial charge is 0.496 e. The Morgan fingerprint density at radius 1 is 1.38 bits per heavy atom. The average Bonchev–Trinajstić information content (AvgIpc) is 2.60. The number of carbonyl (C=O) groups is 1. The fraction of sp³-hybridized carbons (Fsp3) is 0.526. The number of methoxy groups -OCH3 is 1. The van der Waals surface area contributed by atoms with Crippen molar-refractivity contribution in [2.24, 2.45) is 0 Å². The van der Waals surface area contributed by atoms with Crippen molar-refractivity contribution in [3.63, 3.8) is 0 Å². The molecule has 1 aliphatic carbocycles. The van der Waals surface area contributed by atoms with Crippen LogP contribution < -0.4 is 15.4 Å². The molecule has 0 spiro atoms. The molecule has 2 N–H and O–H groups in total. The van der Waals surface area contributed by atoms with Crippen molar-refractivity contribution in [3.05, 3.63) is 39.9 Å². The second-order valence-electron chi connectivity index (χ2n) is 6.20. The van der Waals surface area contributed by atoms with Crippen LogP contribution in [0.25, 0.3) is 0 Å². The fourth-order valence-electron chi connectivity index (χ4n) is 2.87. The van der Waals surface area contributed by atoms with E-state index in [0.29, 0.717) is 6.54 Å². The van der Waals surface area contributed by atoms with Crippen LogP contribution in [0.5, 0.6) is 5.75 Å². The zero-order valence-electron chi connectivity index (χ0n) is 14.5. The second kappa shape index (κ2) is 9.84. The molecule has 0 saturated carbocycles. The summed E-state index contributed by atoms with van der Waals surface area (Å²) < 4.78 is 6.15. The summed E-state index contributed by atoms with van der Waals surface area (Å²) in [6.45, 7) is 3.10. The third-order valence-electron chi connectivity index (χ3n) is 4.40. The van der Waals surface area contributed by atoms with Gasteiger partial charge in [0.1, 0.15) is 5.75 Å². The molecule has 1 aromatic rings. The van der Waals surface area contributed by atoms with Crippen LogP contribution in [0.2, 0.25) is 0 Å². The summed E-state index contributed by atoms with van der Waals surface area (Å²) in [6.07, 6.45) is 8.29. The van der Waals surface area contributed by atoms with Gasteiger partial charge in [-0.25, -0.2) is 0 Å². The third kappa shape index (κ3) is 5.95. The summed E-state index contributed by atoms with van der Waals surface area (Å²) in [6, 6.07) is 6.05. The summed E-state index contributed by atoms with van der Waals surface area (Å²) in [5.74, 6) is 0.853. The van der Waals surface area contributed by atoms with E-state index in [4.69, 9.17) is 4.74 Å². The standard InChI is InChI=1S/C19H27BrN2O2/c1-14(16-8-9-18(24-2)17(20)12-16)22-13-19(23)21-11-10-15-6-4-3-5-7-15/h6,8-9,12,14,22H,3-5,7,10-11,13H2,1-2H3,(H,21,23). The topological polar surface area (TPSA) is 50.4 Å².